The number of nitrogens with one attached hydrogen (secondary N) is 1. The molecule has 2 aromatic heterocycles. The van der Waals surface area contributed by atoms with E-state index in [-0.39, 0.29) is 29.6 Å². The Balaban J connectivity index is 1.24. The van der Waals surface area contributed by atoms with Crippen molar-refractivity contribution in [1.29, 1.82) is 0 Å². The molecule has 1 aliphatic carbocycles. The van der Waals surface area contributed by atoms with Gasteiger partial charge in [-0.05, 0) is 66.6 Å². The lowest BCUT2D eigenvalue weighted by Gasteiger charge is -2.14. The SMILES string of the molecule is Cc1oc(-c2ccc(OC(F)(F)F)cc2)nc1COc1cccc(C2(C)CC2Cn2oc(=O)[nH]c2=O)c1. The van der Waals surface area contributed by atoms with Crippen molar-refractivity contribution in [2.24, 2.45) is 5.92 Å². The van der Waals surface area contributed by atoms with Crippen LogP contribution in [0.1, 0.15) is 30.4 Å². The van der Waals surface area contributed by atoms with E-state index in [1.54, 1.807) is 6.92 Å². The highest BCUT2D eigenvalue weighted by atomic mass is 19.4. The maximum absolute atomic E-state index is 12.4. The van der Waals surface area contributed by atoms with Crippen LogP contribution in [0.15, 0.2) is 67.1 Å². The molecule has 5 rings (SSSR count). The zero-order valence-corrected chi connectivity index (χ0v) is 19.8. The highest BCUT2D eigenvalue weighted by Gasteiger charge is 2.51. The molecule has 0 bridgehead atoms. The van der Waals surface area contributed by atoms with E-state index in [0.29, 0.717) is 29.3 Å². The number of H-pyrrole nitrogens is 1. The first kappa shape index (κ1) is 24.5. The second-order valence-corrected chi connectivity index (χ2v) is 9.10. The number of nitrogens with zero attached hydrogens (tertiary/aromatic N) is 2. The number of aromatic nitrogens is 3. The molecule has 2 atom stereocenters. The summed E-state index contributed by atoms with van der Waals surface area (Å²) in [5.74, 6) is 0.402. The molecule has 12 heteroatoms. The summed E-state index contributed by atoms with van der Waals surface area (Å²) in [7, 11) is 0. The van der Waals surface area contributed by atoms with E-state index < -0.39 is 17.8 Å². The lowest BCUT2D eigenvalue weighted by atomic mass is 9.95. The van der Waals surface area contributed by atoms with Gasteiger partial charge in [-0.2, -0.15) is 4.74 Å². The van der Waals surface area contributed by atoms with Crippen LogP contribution in [-0.4, -0.2) is 21.1 Å². The lowest BCUT2D eigenvalue weighted by molar-refractivity contribution is -0.274. The summed E-state index contributed by atoms with van der Waals surface area (Å²) in [5, 5.41) is 0. The van der Waals surface area contributed by atoms with Crippen molar-refractivity contribution in [2.45, 2.75) is 45.2 Å². The fraction of sp³-hybridized carbons (Fsp3) is 0.320. The first-order valence-electron chi connectivity index (χ1n) is 11.4. The van der Waals surface area contributed by atoms with E-state index in [1.165, 1.54) is 24.3 Å². The molecule has 0 amide bonds. The van der Waals surface area contributed by atoms with Crippen LogP contribution in [0, 0.1) is 12.8 Å². The third-order valence-electron chi connectivity index (χ3n) is 6.52. The Morgan fingerprint density at radius 3 is 2.59 bits per heavy atom. The Hall–Kier alpha value is -4.22. The lowest BCUT2D eigenvalue weighted by Crippen LogP contribution is -2.19. The zero-order valence-electron chi connectivity index (χ0n) is 19.8. The predicted octanol–water partition coefficient (Wildman–Crippen LogP) is 4.55. The number of aromatic amines is 1. The summed E-state index contributed by atoms with van der Waals surface area (Å²) in [6, 6.07) is 12.8. The summed E-state index contributed by atoms with van der Waals surface area (Å²) < 4.78 is 58.5. The first-order valence-corrected chi connectivity index (χ1v) is 11.4. The fourth-order valence-corrected chi connectivity index (χ4v) is 4.28. The number of hydrogen-bond acceptors (Lipinski definition) is 7. The number of halogens is 3. The van der Waals surface area contributed by atoms with Crippen LogP contribution >= 0.6 is 0 Å². The first-order chi connectivity index (χ1) is 17.5. The number of hydrogen-bond donors (Lipinski definition) is 1. The van der Waals surface area contributed by atoms with E-state index in [1.807, 2.05) is 24.3 Å². The Morgan fingerprint density at radius 1 is 1.16 bits per heavy atom. The minimum atomic E-state index is -4.76. The van der Waals surface area contributed by atoms with E-state index in [4.69, 9.17) is 13.7 Å². The molecule has 2 unspecified atom stereocenters. The van der Waals surface area contributed by atoms with Gasteiger partial charge < -0.3 is 18.4 Å². The van der Waals surface area contributed by atoms with Gasteiger partial charge in [-0.25, -0.2) is 19.6 Å². The molecule has 194 valence electrons. The number of benzene rings is 2. The molecule has 4 aromatic rings. The topological polar surface area (TPSA) is 112 Å². The number of rotatable bonds is 8. The molecule has 0 saturated heterocycles. The van der Waals surface area contributed by atoms with Crippen LogP contribution < -0.4 is 20.9 Å². The molecule has 1 saturated carbocycles. The minimum absolute atomic E-state index is 0.118. The fourth-order valence-electron chi connectivity index (χ4n) is 4.28. The second kappa shape index (κ2) is 9.02. The second-order valence-electron chi connectivity index (χ2n) is 9.10. The Kier molecular flexibility index (Phi) is 5.97. The largest absolute Gasteiger partial charge is 0.573 e. The van der Waals surface area contributed by atoms with Crippen molar-refractivity contribution in [2.75, 3.05) is 0 Å². The molecule has 37 heavy (non-hydrogen) atoms. The van der Waals surface area contributed by atoms with Gasteiger partial charge in [0.2, 0.25) is 5.89 Å². The zero-order chi connectivity index (χ0) is 26.4. The van der Waals surface area contributed by atoms with Gasteiger partial charge in [-0.1, -0.05) is 19.1 Å². The third-order valence-corrected chi connectivity index (χ3v) is 6.52. The van der Waals surface area contributed by atoms with E-state index in [9.17, 15) is 22.8 Å². The van der Waals surface area contributed by atoms with Gasteiger partial charge >= 0.3 is 17.8 Å². The van der Waals surface area contributed by atoms with Crippen LogP contribution in [0.5, 0.6) is 11.5 Å². The maximum atomic E-state index is 12.4. The van der Waals surface area contributed by atoms with Crippen LogP contribution in [0.2, 0.25) is 0 Å². The number of oxazole rings is 1. The van der Waals surface area contributed by atoms with Gasteiger partial charge in [0, 0.05) is 5.56 Å². The van der Waals surface area contributed by atoms with Gasteiger partial charge in [0.25, 0.3) is 0 Å². The molecule has 0 aliphatic heterocycles. The highest BCUT2D eigenvalue weighted by molar-refractivity contribution is 5.55. The molecular weight excluding hydrogens is 495 g/mol. The molecule has 1 fully saturated rings. The van der Waals surface area contributed by atoms with Gasteiger partial charge in [-0.15, -0.1) is 13.2 Å². The van der Waals surface area contributed by atoms with Crippen LogP contribution in [-0.2, 0) is 18.6 Å². The van der Waals surface area contributed by atoms with Gasteiger partial charge in [0.15, 0.2) is 0 Å². The summed E-state index contributed by atoms with van der Waals surface area (Å²) >= 11 is 0. The number of ether oxygens (including phenoxy) is 2. The molecule has 1 aliphatic rings. The normalized spacial score (nSPS) is 19.1. The number of aryl methyl sites for hydroxylation is 1. The van der Waals surface area contributed by atoms with Crippen molar-refractivity contribution in [3.05, 3.63) is 86.6 Å². The molecular formula is C25H22F3N3O6. The van der Waals surface area contributed by atoms with Crippen molar-refractivity contribution in [1.82, 2.24) is 14.7 Å². The Bertz CT molecular complexity index is 1530. The summed E-state index contributed by atoms with van der Waals surface area (Å²) in [4.78, 5) is 29.5. The smallest absolute Gasteiger partial charge is 0.487 e. The summed E-state index contributed by atoms with van der Waals surface area (Å²) in [5.41, 5.74) is 1.31. The highest BCUT2D eigenvalue weighted by Crippen LogP contribution is 2.55. The minimum Gasteiger partial charge on any atom is -0.487 e. The van der Waals surface area contributed by atoms with Crippen molar-refractivity contribution < 1.29 is 31.6 Å². The van der Waals surface area contributed by atoms with Gasteiger partial charge in [-0.3, -0.25) is 0 Å². The van der Waals surface area contributed by atoms with Gasteiger partial charge in [0.1, 0.15) is 29.6 Å². The predicted molar refractivity (Wildman–Crippen MR) is 123 cm³/mol. The quantitative estimate of drug-likeness (QED) is 0.365. The van der Waals surface area contributed by atoms with Crippen LogP contribution in [0.3, 0.4) is 0 Å². The molecule has 0 radical (unpaired) electrons. The Labute approximate surface area is 207 Å². The van der Waals surface area contributed by atoms with E-state index >= 15 is 0 Å². The molecule has 2 aromatic carbocycles. The average Bonchev–Trinajstić information content (AvgIpc) is 3.16. The molecule has 2 heterocycles. The summed E-state index contributed by atoms with van der Waals surface area (Å²) in [6.45, 7) is 4.22. The Morgan fingerprint density at radius 2 is 1.92 bits per heavy atom. The average molecular weight is 517 g/mol. The van der Waals surface area contributed by atoms with Crippen LogP contribution in [0.25, 0.3) is 11.5 Å². The molecule has 9 nitrogen and oxygen atoms in total. The summed E-state index contributed by atoms with van der Waals surface area (Å²) in [6.07, 6.45) is -3.95. The molecule has 1 N–H and O–H groups in total. The third kappa shape index (κ3) is 5.32. The van der Waals surface area contributed by atoms with E-state index in [2.05, 4.69) is 21.6 Å². The number of alkyl halides is 3. The maximum Gasteiger partial charge on any atom is 0.573 e. The van der Waals surface area contributed by atoms with Crippen molar-refractivity contribution >= 4 is 0 Å². The standard InChI is InChI=1S/C25H22F3N3O6/c1-14-20(29-21(35-14)15-6-8-18(9-7-15)36-25(26,27)28)13-34-19-5-3-4-16(10-19)24(2)11-17(24)12-31-22(32)30-23(33)37-31/h3-10,17H,11-13H2,1-2H3,(H,30,32,33). The van der Waals surface area contributed by atoms with E-state index in [0.717, 1.165) is 16.7 Å². The van der Waals surface area contributed by atoms with Crippen molar-refractivity contribution in [3.63, 3.8) is 0 Å². The molecule has 0 spiro atoms. The van der Waals surface area contributed by atoms with Crippen LogP contribution in [0.4, 0.5) is 13.2 Å². The van der Waals surface area contributed by atoms with Gasteiger partial charge in [0.05, 0.1) is 6.54 Å². The monoisotopic (exact) mass is 517 g/mol. The van der Waals surface area contributed by atoms with Crippen molar-refractivity contribution in [3.8, 4) is 23.0 Å².